The van der Waals surface area contributed by atoms with E-state index >= 15 is 0 Å². The molecule has 27 heavy (non-hydrogen) atoms. The molecule has 0 aliphatic carbocycles. The fourth-order valence-electron chi connectivity index (χ4n) is 2.92. The molecule has 142 valence electrons. The number of hydrogen-bond acceptors (Lipinski definition) is 7. The number of thioether (sulfide) groups is 1. The third-order valence-corrected chi connectivity index (χ3v) is 5.15. The monoisotopic (exact) mass is 403 g/mol. The molecular weight excluding hydrogens is 382 g/mol. The third kappa shape index (κ3) is 5.33. The zero-order valence-corrected chi connectivity index (χ0v) is 16.8. The van der Waals surface area contributed by atoms with Gasteiger partial charge in [-0.3, -0.25) is 4.90 Å². The molecule has 1 saturated heterocycles. The molecule has 1 fully saturated rings. The van der Waals surface area contributed by atoms with Gasteiger partial charge in [-0.15, -0.1) is 0 Å². The van der Waals surface area contributed by atoms with E-state index < -0.39 is 0 Å². The molecule has 0 saturated carbocycles. The first-order valence-electron chi connectivity index (χ1n) is 8.87. The van der Waals surface area contributed by atoms with Crippen LogP contribution < -0.4 is 5.32 Å². The Labute approximate surface area is 168 Å². The van der Waals surface area contributed by atoms with Gasteiger partial charge < -0.3 is 10.1 Å². The quantitative estimate of drug-likeness (QED) is 0.430. The number of anilines is 1. The number of benzene rings is 1. The van der Waals surface area contributed by atoms with Crippen molar-refractivity contribution >= 4 is 29.2 Å². The SMILES string of the molecule is CSc1nc(NCCCN2CCOCC2)c(C#N)c(-c2ccc(Cl)cc2)n1. The Balaban J connectivity index is 1.74. The Bertz CT molecular complexity index is 803. The predicted molar refractivity (Wildman–Crippen MR) is 109 cm³/mol. The summed E-state index contributed by atoms with van der Waals surface area (Å²) >= 11 is 7.44. The van der Waals surface area contributed by atoms with Crippen LogP contribution in [0.25, 0.3) is 11.3 Å². The van der Waals surface area contributed by atoms with E-state index in [0.717, 1.165) is 51.4 Å². The van der Waals surface area contributed by atoms with E-state index in [0.29, 0.717) is 27.3 Å². The van der Waals surface area contributed by atoms with Crippen molar-refractivity contribution in [3.63, 3.8) is 0 Å². The molecule has 1 aliphatic heterocycles. The molecule has 2 aromatic rings. The van der Waals surface area contributed by atoms with Crippen LogP contribution in [-0.4, -0.2) is 60.5 Å². The molecule has 3 rings (SSSR count). The molecule has 0 amide bonds. The van der Waals surface area contributed by atoms with Crippen molar-refractivity contribution in [2.75, 3.05) is 51.0 Å². The molecule has 0 unspecified atom stereocenters. The lowest BCUT2D eigenvalue weighted by Crippen LogP contribution is -2.37. The van der Waals surface area contributed by atoms with Crippen molar-refractivity contribution in [3.05, 3.63) is 34.9 Å². The van der Waals surface area contributed by atoms with Gasteiger partial charge in [-0.05, 0) is 31.4 Å². The lowest BCUT2D eigenvalue weighted by Gasteiger charge is -2.26. The average molecular weight is 404 g/mol. The van der Waals surface area contributed by atoms with Crippen LogP contribution in [0.1, 0.15) is 12.0 Å². The van der Waals surface area contributed by atoms with Gasteiger partial charge in [0.25, 0.3) is 0 Å². The minimum absolute atomic E-state index is 0.460. The normalized spacial score (nSPS) is 14.7. The zero-order valence-electron chi connectivity index (χ0n) is 15.2. The Morgan fingerprint density at radius 1 is 1.26 bits per heavy atom. The standard InChI is InChI=1S/C19H22ClN5OS/c1-27-19-23-17(14-3-5-15(20)6-4-14)16(13-21)18(24-19)22-7-2-8-25-9-11-26-12-10-25/h3-6H,2,7-12H2,1H3,(H,22,23,24). The van der Waals surface area contributed by atoms with E-state index in [-0.39, 0.29) is 0 Å². The number of morpholine rings is 1. The van der Waals surface area contributed by atoms with Crippen LogP contribution >= 0.6 is 23.4 Å². The Morgan fingerprint density at radius 3 is 2.67 bits per heavy atom. The fraction of sp³-hybridized carbons (Fsp3) is 0.421. The smallest absolute Gasteiger partial charge is 0.189 e. The Hall–Kier alpha value is -1.85. The highest BCUT2D eigenvalue weighted by Crippen LogP contribution is 2.29. The highest BCUT2D eigenvalue weighted by atomic mass is 35.5. The van der Waals surface area contributed by atoms with E-state index in [2.05, 4.69) is 26.3 Å². The summed E-state index contributed by atoms with van der Waals surface area (Å²) in [5.74, 6) is 0.587. The number of nitrogens with zero attached hydrogens (tertiary/aromatic N) is 4. The number of rotatable bonds is 7. The number of nitriles is 1. The number of hydrogen-bond donors (Lipinski definition) is 1. The number of nitrogens with one attached hydrogen (secondary N) is 1. The number of halogens is 1. The molecule has 1 aromatic heterocycles. The second-order valence-electron chi connectivity index (χ2n) is 6.14. The maximum Gasteiger partial charge on any atom is 0.189 e. The van der Waals surface area contributed by atoms with Gasteiger partial charge in [0, 0.05) is 30.2 Å². The molecule has 1 aromatic carbocycles. The van der Waals surface area contributed by atoms with Gasteiger partial charge in [0.2, 0.25) is 0 Å². The second kappa shape index (κ2) is 9.90. The number of aromatic nitrogens is 2. The minimum atomic E-state index is 0.460. The zero-order chi connectivity index (χ0) is 19.1. The summed E-state index contributed by atoms with van der Waals surface area (Å²) in [6.45, 7) is 5.32. The van der Waals surface area contributed by atoms with Crippen LogP contribution in [0.5, 0.6) is 0 Å². The summed E-state index contributed by atoms with van der Waals surface area (Å²) in [5.41, 5.74) is 1.94. The van der Waals surface area contributed by atoms with E-state index in [1.165, 1.54) is 11.8 Å². The van der Waals surface area contributed by atoms with E-state index in [9.17, 15) is 5.26 Å². The summed E-state index contributed by atoms with van der Waals surface area (Å²) in [7, 11) is 0. The van der Waals surface area contributed by atoms with Crippen LogP contribution in [0, 0.1) is 11.3 Å². The lowest BCUT2D eigenvalue weighted by atomic mass is 10.1. The average Bonchev–Trinajstić information content (AvgIpc) is 2.72. The first-order chi connectivity index (χ1) is 13.2. The van der Waals surface area contributed by atoms with Crippen molar-refractivity contribution < 1.29 is 4.74 Å². The summed E-state index contributed by atoms with van der Waals surface area (Å²) < 4.78 is 5.37. The lowest BCUT2D eigenvalue weighted by molar-refractivity contribution is 0.0378. The van der Waals surface area contributed by atoms with Gasteiger partial charge in [0.1, 0.15) is 17.5 Å². The highest BCUT2D eigenvalue weighted by Gasteiger charge is 2.16. The van der Waals surface area contributed by atoms with Crippen molar-refractivity contribution in [1.29, 1.82) is 5.26 Å². The maximum absolute atomic E-state index is 9.71. The van der Waals surface area contributed by atoms with E-state index in [4.69, 9.17) is 16.3 Å². The van der Waals surface area contributed by atoms with Crippen molar-refractivity contribution in [2.45, 2.75) is 11.6 Å². The predicted octanol–water partition coefficient (Wildman–Crippen LogP) is 3.52. The fourth-order valence-corrected chi connectivity index (χ4v) is 3.41. The molecule has 0 spiro atoms. The van der Waals surface area contributed by atoms with Crippen molar-refractivity contribution in [1.82, 2.24) is 14.9 Å². The van der Waals surface area contributed by atoms with Crippen LogP contribution in [0.4, 0.5) is 5.82 Å². The summed E-state index contributed by atoms with van der Waals surface area (Å²) in [6.07, 6.45) is 2.90. The molecular formula is C19H22ClN5OS. The minimum Gasteiger partial charge on any atom is -0.379 e. The largest absolute Gasteiger partial charge is 0.379 e. The van der Waals surface area contributed by atoms with E-state index in [1.807, 2.05) is 18.4 Å². The van der Waals surface area contributed by atoms with Crippen molar-refractivity contribution in [3.8, 4) is 17.3 Å². The van der Waals surface area contributed by atoms with E-state index in [1.54, 1.807) is 12.1 Å². The summed E-state index contributed by atoms with van der Waals surface area (Å²) in [5, 5.41) is 14.3. The topological polar surface area (TPSA) is 74.1 Å². The van der Waals surface area contributed by atoms with Crippen LogP contribution in [-0.2, 0) is 4.74 Å². The van der Waals surface area contributed by atoms with Gasteiger partial charge >= 0.3 is 0 Å². The molecule has 0 radical (unpaired) electrons. The van der Waals surface area contributed by atoms with Gasteiger partial charge in [0.15, 0.2) is 5.16 Å². The van der Waals surface area contributed by atoms with Crippen molar-refractivity contribution in [2.24, 2.45) is 0 Å². The maximum atomic E-state index is 9.71. The highest BCUT2D eigenvalue weighted by molar-refractivity contribution is 7.98. The second-order valence-corrected chi connectivity index (χ2v) is 7.35. The molecule has 8 heteroatoms. The van der Waals surface area contributed by atoms with Crippen LogP contribution in [0.3, 0.4) is 0 Å². The van der Waals surface area contributed by atoms with Gasteiger partial charge in [-0.1, -0.05) is 35.5 Å². The molecule has 2 heterocycles. The molecule has 6 nitrogen and oxygen atoms in total. The number of ether oxygens (including phenoxy) is 1. The third-order valence-electron chi connectivity index (χ3n) is 4.35. The summed E-state index contributed by atoms with van der Waals surface area (Å²) in [4.78, 5) is 11.4. The van der Waals surface area contributed by atoms with Gasteiger partial charge in [-0.2, -0.15) is 5.26 Å². The molecule has 0 atom stereocenters. The Kier molecular flexibility index (Phi) is 7.30. The molecule has 1 aliphatic rings. The Morgan fingerprint density at radius 2 is 2.00 bits per heavy atom. The first-order valence-corrected chi connectivity index (χ1v) is 10.5. The van der Waals surface area contributed by atoms with Crippen LogP contribution in [0.15, 0.2) is 29.4 Å². The first kappa shape index (κ1) is 19.9. The van der Waals surface area contributed by atoms with Crippen LogP contribution in [0.2, 0.25) is 5.02 Å². The van der Waals surface area contributed by atoms with Gasteiger partial charge in [0.05, 0.1) is 18.9 Å². The summed E-state index contributed by atoms with van der Waals surface area (Å²) in [6, 6.07) is 9.61. The molecule has 1 N–H and O–H groups in total. The van der Waals surface area contributed by atoms with Gasteiger partial charge in [-0.25, -0.2) is 9.97 Å². The molecule has 0 bridgehead atoms.